The summed E-state index contributed by atoms with van der Waals surface area (Å²) in [6, 6.07) is 4.69. The maximum absolute atomic E-state index is 13.1. The van der Waals surface area contributed by atoms with Gasteiger partial charge in [-0.1, -0.05) is 22.9 Å². The van der Waals surface area contributed by atoms with Gasteiger partial charge in [0.05, 0.1) is 5.56 Å². The molecular weight excluding hydrogens is 345 g/mol. The molecule has 0 aliphatic carbocycles. The van der Waals surface area contributed by atoms with Crippen molar-refractivity contribution < 1.29 is 13.2 Å². The minimum atomic E-state index is -4.35. The highest BCUT2D eigenvalue weighted by Gasteiger charge is 2.36. The number of hydrogen-bond acceptors (Lipinski definition) is 2. The van der Waals surface area contributed by atoms with Crippen LogP contribution < -0.4 is 10.2 Å². The van der Waals surface area contributed by atoms with Gasteiger partial charge in [-0.05, 0) is 38.5 Å². The van der Waals surface area contributed by atoms with E-state index in [0.29, 0.717) is 12.2 Å². The lowest BCUT2D eigenvalue weighted by molar-refractivity contribution is -0.138. The number of piperazine rings is 1. The number of anilines is 1. The molecule has 1 heterocycles. The van der Waals surface area contributed by atoms with E-state index in [9.17, 15) is 13.2 Å². The largest absolute Gasteiger partial charge is 0.417 e. The van der Waals surface area contributed by atoms with E-state index in [1.807, 2.05) is 0 Å². The number of halogens is 4. The first-order valence-corrected chi connectivity index (χ1v) is 7.82. The fourth-order valence-electron chi connectivity index (χ4n) is 2.69. The number of hydrogen-bond donors (Lipinski definition) is 1. The Balaban J connectivity index is 2.39. The van der Waals surface area contributed by atoms with Crippen LogP contribution in [0.5, 0.6) is 0 Å². The van der Waals surface area contributed by atoms with Crippen molar-refractivity contribution in [3.05, 3.63) is 28.2 Å². The van der Waals surface area contributed by atoms with Gasteiger partial charge in [0.1, 0.15) is 0 Å². The molecule has 21 heavy (non-hydrogen) atoms. The second-order valence-corrected chi connectivity index (χ2v) is 6.97. The van der Waals surface area contributed by atoms with Crippen LogP contribution in [0, 0.1) is 0 Å². The first kappa shape index (κ1) is 16.6. The van der Waals surface area contributed by atoms with Crippen molar-refractivity contribution >= 4 is 21.6 Å². The molecule has 1 aromatic carbocycles. The van der Waals surface area contributed by atoms with Gasteiger partial charge in [0.25, 0.3) is 0 Å². The Morgan fingerprint density at radius 2 is 2.05 bits per heavy atom. The molecule has 1 N–H and O–H groups in total. The summed E-state index contributed by atoms with van der Waals surface area (Å²) in [6.07, 6.45) is -3.46. The van der Waals surface area contributed by atoms with E-state index in [2.05, 4.69) is 46.9 Å². The van der Waals surface area contributed by atoms with Crippen LogP contribution in [0.2, 0.25) is 0 Å². The molecule has 1 aliphatic heterocycles. The molecule has 0 bridgehead atoms. The fraction of sp³-hybridized carbons (Fsp3) is 0.600. The minimum absolute atomic E-state index is 0.0844. The lowest BCUT2D eigenvalue weighted by Gasteiger charge is -2.46. The quantitative estimate of drug-likeness (QED) is 0.834. The summed E-state index contributed by atoms with van der Waals surface area (Å²) in [5, 5.41) is 3.44. The average Bonchev–Trinajstić information content (AvgIpc) is 2.37. The van der Waals surface area contributed by atoms with Crippen molar-refractivity contribution in [1.82, 2.24) is 5.32 Å². The Labute approximate surface area is 131 Å². The van der Waals surface area contributed by atoms with Gasteiger partial charge in [0.15, 0.2) is 0 Å². The zero-order valence-electron chi connectivity index (χ0n) is 12.4. The number of nitrogens with zero attached hydrogens (tertiary/aromatic N) is 1. The molecule has 118 valence electrons. The molecule has 0 amide bonds. The Bertz CT molecular complexity index is 514. The third-order valence-corrected chi connectivity index (χ3v) is 4.57. The topological polar surface area (TPSA) is 15.3 Å². The van der Waals surface area contributed by atoms with Crippen LogP contribution in [0.3, 0.4) is 0 Å². The van der Waals surface area contributed by atoms with E-state index in [1.54, 1.807) is 6.07 Å². The number of rotatable bonds is 2. The van der Waals surface area contributed by atoms with Crippen molar-refractivity contribution in [3.8, 4) is 0 Å². The molecule has 0 saturated carbocycles. The van der Waals surface area contributed by atoms with Crippen LogP contribution in [0.1, 0.15) is 32.8 Å². The van der Waals surface area contributed by atoms with Crippen LogP contribution >= 0.6 is 15.9 Å². The van der Waals surface area contributed by atoms with Gasteiger partial charge >= 0.3 is 6.18 Å². The normalized spacial score (nSPS) is 22.4. The van der Waals surface area contributed by atoms with Crippen LogP contribution in [-0.2, 0) is 6.18 Å². The first-order valence-electron chi connectivity index (χ1n) is 7.02. The van der Waals surface area contributed by atoms with Crippen molar-refractivity contribution in [2.24, 2.45) is 0 Å². The van der Waals surface area contributed by atoms with Gasteiger partial charge < -0.3 is 10.2 Å². The number of alkyl halides is 3. The van der Waals surface area contributed by atoms with Crippen LogP contribution in [0.25, 0.3) is 0 Å². The van der Waals surface area contributed by atoms with Crippen LogP contribution in [0.4, 0.5) is 18.9 Å². The summed E-state index contributed by atoms with van der Waals surface area (Å²) in [5.74, 6) is 0. The van der Waals surface area contributed by atoms with Crippen molar-refractivity contribution in [2.75, 3.05) is 18.0 Å². The molecule has 6 heteroatoms. The van der Waals surface area contributed by atoms with E-state index < -0.39 is 11.7 Å². The first-order chi connectivity index (χ1) is 9.64. The smallest absolute Gasteiger partial charge is 0.365 e. The fourth-order valence-corrected chi connectivity index (χ4v) is 3.16. The molecule has 1 atom stereocenters. The van der Waals surface area contributed by atoms with Gasteiger partial charge in [0, 0.05) is 34.8 Å². The third kappa shape index (κ3) is 3.72. The molecular formula is C15H20BrF3N2. The summed E-state index contributed by atoms with van der Waals surface area (Å²) < 4.78 is 39.3. The average molecular weight is 365 g/mol. The molecule has 1 aromatic rings. The van der Waals surface area contributed by atoms with E-state index >= 15 is 0 Å². The Morgan fingerprint density at radius 1 is 1.38 bits per heavy atom. The molecule has 1 fully saturated rings. The standard InChI is InChI=1S/C15H20BrF3N2/c1-4-10-8-20-14(2,3)9-21(10)11-5-6-13(16)12(7-11)15(17,18)19/h5-7,10,20H,4,8-9H2,1-3H3. The highest BCUT2D eigenvalue weighted by molar-refractivity contribution is 9.10. The summed E-state index contributed by atoms with van der Waals surface area (Å²) in [6.45, 7) is 7.65. The Morgan fingerprint density at radius 3 is 2.62 bits per heavy atom. The molecule has 0 aromatic heterocycles. The van der Waals surface area contributed by atoms with Gasteiger partial charge in [-0.25, -0.2) is 0 Å². The Hall–Kier alpha value is -0.750. The highest BCUT2D eigenvalue weighted by Crippen LogP contribution is 2.38. The van der Waals surface area contributed by atoms with Crippen molar-refractivity contribution in [3.63, 3.8) is 0 Å². The van der Waals surface area contributed by atoms with Gasteiger partial charge in [0.2, 0.25) is 0 Å². The lowest BCUT2D eigenvalue weighted by atomic mass is 9.96. The zero-order valence-corrected chi connectivity index (χ0v) is 14.0. The number of nitrogens with one attached hydrogen (secondary N) is 1. The predicted molar refractivity (Wildman–Crippen MR) is 82.7 cm³/mol. The van der Waals surface area contributed by atoms with Gasteiger partial charge in [-0.3, -0.25) is 0 Å². The third-order valence-electron chi connectivity index (χ3n) is 3.88. The van der Waals surface area contributed by atoms with E-state index in [0.717, 1.165) is 13.0 Å². The molecule has 1 aliphatic rings. The van der Waals surface area contributed by atoms with Gasteiger partial charge in [-0.2, -0.15) is 13.2 Å². The second kappa shape index (κ2) is 5.80. The zero-order chi connectivity index (χ0) is 15.8. The molecule has 2 rings (SSSR count). The predicted octanol–water partition coefficient (Wildman–Crippen LogP) is 4.43. The maximum Gasteiger partial charge on any atom is 0.417 e. The SMILES string of the molecule is CCC1CNC(C)(C)CN1c1ccc(Br)c(C(F)(F)F)c1. The highest BCUT2D eigenvalue weighted by atomic mass is 79.9. The van der Waals surface area contributed by atoms with Crippen LogP contribution in [0.15, 0.2) is 22.7 Å². The monoisotopic (exact) mass is 364 g/mol. The summed E-state index contributed by atoms with van der Waals surface area (Å²) in [5.41, 5.74) is -0.102. The molecule has 2 nitrogen and oxygen atoms in total. The molecule has 0 radical (unpaired) electrons. The minimum Gasteiger partial charge on any atom is -0.365 e. The second-order valence-electron chi connectivity index (χ2n) is 6.12. The summed E-state index contributed by atoms with van der Waals surface area (Å²) in [7, 11) is 0. The molecule has 1 unspecified atom stereocenters. The summed E-state index contributed by atoms with van der Waals surface area (Å²) >= 11 is 2.99. The van der Waals surface area contributed by atoms with E-state index in [4.69, 9.17) is 0 Å². The molecule has 1 saturated heterocycles. The number of benzene rings is 1. The van der Waals surface area contributed by atoms with Crippen molar-refractivity contribution in [2.45, 2.75) is 44.9 Å². The van der Waals surface area contributed by atoms with E-state index in [1.165, 1.54) is 12.1 Å². The van der Waals surface area contributed by atoms with Gasteiger partial charge in [-0.15, -0.1) is 0 Å². The maximum atomic E-state index is 13.1. The summed E-state index contributed by atoms with van der Waals surface area (Å²) in [4.78, 5) is 2.08. The van der Waals surface area contributed by atoms with Crippen LogP contribution in [-0.4, -0.2) is 24.7 Å². The lowest BCUT2D eigenvalue weighted by Crippen LogP contribution is -2.61. The molecule has 0 spiro atoms. The van der Waals surface area contributed by atoms with Crippen molar-refractivity contribution in [1.29, 1.82) is 0 Å². The Kier molecular flexibility index (Phi) is 4.59. The van der Waals surface area contributed by atoms with E-state index in [-0.39, 0.29) is 16.1 Å².